The van der Waals surface area contributed by atoms with Gasteiger partial charge in [-0.2, -0.15) is 5.26 Å². The maximum atomic E-state index is 12.3. The molecular formula is C18H16N4O5S. The van der Waals surface area contributed by atoms with Gasteiger partial charge in [-0.15, -0.1) is 0 Å². The smallest absolute Gasteiger partial charge is 0.339 e. The Hall–Kier alpha value is -3.68. The molecule has 0 atom stereocenters. The zero-order valence-electron chi connectivity index (χ0n) is 14.7. The standard InChI is InChI=1S/C18H16N4O5S/c1-27-18(24)15-4-2-3-5-16(15)22-17(23)12(10-19)11-21-13-6-8-14(9-7-13)28(20,25)26/h2-9,11,21H,1H3,(H,22,23)(H2,20,25,26)/b12-11-. The summed E-state index contributed by atoms with van der Waals surface area (Å²) in [5.74, 6) is -1.38. The predicted molar refractivity (Wildman–Crippen MR) is 102 cm³/mol. The van der Waals surface area contributed by atoms with E-state index in [0.717, 1.165) is 6.20 Å². The number of anilines is 2. The summed E-state index contributed by atoms with van der Waals surface area (Å²) in [7, 11) is -2.60. The molecule has 0 aromatic heterocycles. The number of hydrogen-bond acceptors (Lipinski definition) is 7. The Kier molecular flexibility index (Phi) is 6.49. The molecule has 2 aromatic rings. The summed E-state index contributed by atoms with van der Waals surface area (Å²) in [6.45, 7) is 0. The Morgan fingerprint density at radius 2 is 1.79 bits per heavy atom. The van der Waals surface area contributed by atoms with E-state index in [1.807, 2.05) is 0 Å². The number of nitrogens with zero attached hydrogens (tertiary/aromatic N) is 1. The van der Waals surface area contributed by atoms with Crippen molar-refractivity contribution in [3.05, 3.63) is 65.9 Å². The summed E-state index contributed by atoms with van der Waals surface area (Å²) in [4.78, 5) is 24.0. The van der Waals surface area contributed by atoms with E-state index >= 15 is 0 Å². The largest absolute Gasteiger partial charge is 0.465 e. The molecule has 2 rings (SSSR count). The fourth-order valence-electron chi connectivity index (χ4n) is 2.11. The molecule has 0 bridgehead atoms. The van der Waals surface area contributed by atoms with Crippen LogP contribution in [0.1, 0.15) is 10.4 Å². The van der Waals surface area contributed by atoms with Crippen LogP contribution in [-0.4, -0.2) is 27.4 Å². The third-order valence-corrected chi connectivity index (χ3v) is 4.44. The van der Waals surface area contributed by atoms with Crippen molar-refractivity contribution >= 4 is 33.3 Å². The number of nitrogens with one attached hydrogen (secondary N) is 2. The lowest BCUT2D eigenvalue weighted by Gasteiger charge is -2.09. The third kappa shape index (κ3) is 5.16. The van der Waals surface area contributed by atoms with Crippen molar-refractivity contribution in [2.24, 2.45) is 5.14 Å². The second-order valence-electron chi connectivity index (χ2n) is 5.37. The van der Waals surface area contributed by atoms with Crippen molar-refractivity contribution < 1.29 is 22.7 Å². The van der Waals surface area contributed by atoms with Crippen LogP contribution in [-0.2, 0) is 19.6 Å². The highest BCUT2D eigenvalue weighted by atomic mass is 32.2. The number of para-hydroxylation sites is 1. The average Bonchev–Trinajstić information content (AvgIpc) is 2.68. The number of ether oxygens (including phenoxy) is 1. The van der Waals surface area contributed by atoms with Crippen LogP contribution in [0, 0.1) is 11.3 Å². The number of hydrogen-bond donors (Lipinski definition) is 3. The monoisotopic (exact) mass is 400 g/mol. The zero-order chi connectivity index (χ0) is 20.7. The summed E-state index contributed by atoms with van der Waals surface area (Å²) in [6.07, 6.45) is 1.15. The highest BCUT2D eigenvalue weighted by Crippen LogP contribution is 2.17. The number of nitriles is 1. The molecule has 0 aliphatic heterocycles. The van der Waals surface area contributed by atoms with Gasteiger partial charge in [-0.05, 0) is 36.4 Å². The van der Waals surface area contributed by atoms with E-state index in [1.165, 1.54) is 43.5 Å². The third-order valence-electron chi connectivity index (χ3n) is 3.51. The number of sulfonamides is 1. The number of carbonyl (C=O) groups is 2. The van der Waals surface area contributed by atoms with Gasteiger partial charge in [0.1, 0.15) is 11.6 Å². The van der Waals surface area contributed by atoms with Crippen molar-refractivity contribution in [1.82, 2.24) is 0 Å². The van der Waals surface area contributed by atoms with E-state index in [2.05, 4.69) is 15.4 Å². The highest BCUT2D eigenvalue weighted by Gasteiger charge is 2.15. The lowest BCUT2D eigenvalue weighted by atomic mass is 10.1. The van der Waals surface area contributed by atoms with Crippen LogP contribution in [0.2, 0.25) is 0 Å². The molecule has 0 saturated heterocycles. The molecule has 0 fully saturated rings. The topological polar surface area (TPSA) is 151 Å². The van der Waals surface area contributed by atoms with Crippen LogP contribution in [0.15, 0.2) is 65.2 Å². The minimum absolute atomic E-state index is 0.0697. The number of amides is 1. The summed E-state index contributed by atoms with van der Waals surface area (Å²) in [5, 5.41) is 19.4. The first-order valence-electron chi connectivity index (χ1n) is 7.74. The van der Waals surface area contributed by atoms with Gasteiger partial charge in [0.25, 0.3) is 5.91 Å². The predicted octanol–water partition coefficient (Wildman–Crippen LogP) is 1.58. The van der Waals surface area contributed by atoms with Gasteiger partial charge >= 0.3 is 5.97 Å². The molecule has 0 radical (unpaired) electrons. The average molecular weight is 400 g/mol. The van der Waals surface area contributed by atoms with E-state index in [4.69, 9.17) is 5.14 Å². The number of methoxy groups -OCH3 is 1. The van der Waals surface area contributed by atoms with E-state index in [-0.39, 0.29) is 21.7 Å². The highest BCUT2D eigenvalue weighted by molar-refractivity contribution is 7.89. The molecule has 0 heterocycles. The van der Waals surface area contributed by atoms with Crippen LogP contribution in [0.5, 0.6) is 0 Å². The summed E-state index contributed by atoms with van der Waals surface area (Å²) in [5.41, 5.74) is 0.498. The lowest BCUT2D eigenvalue weighted by Crippen LogP contribution is -2.17. The van der Waals surface area contributed by atoms with Crippen LogP contribution in [0.25, 0.3) is 0 Å². The van der Waals surface area contributed by atoms with Gasteiger partial charge in [0.2, 0.25) is 10.0 Å². The van der Waals surface area contributed by atoms with Crippen molar-refractivity contribution in [3.63, 3.8) is 0 Å². The lowest BCUT2D eigenvalue weighted by molar-refractivity contribution is -0.112. The van der Waals surface area contributed by atoms with E-state index < -0.39 is 21.9 Å². The number of carbonyl (C=O) groups excluding carboxylic acids is 2. The van der Waals surface area contributed by atoms with Crippen LogP contribution in [0.3, 0.4) is 0 Å². The molecule has 0 saturated carbocycles. The number of primary sulfonamides is 1. The second kappa shape index (κ2) is 8.81. The number of nitrogens with two attached hydrogens (primary N) is 1. The zero-order valence-corrected chi connectivity index (χ0v) is 15.5. The van der Waals surface area contributed by atoms with Crippen LogP contribution >= 0.6 is 0 Å². The van der Waals surface area contributed by atoms with Crippen molar-refractivity contribution in [2.45, 2.75) is 4.90 Å². The Morgan fingerprint density at radius 1 is 1.14 bits per heavy atom. The molecule has 28 heavy (non-hydrogen) atoms. The van der Waals surface area contributed by atoms with Gasteiger partial charge in [0.05, 0.1) is 23.3 Å². The molecule has 0 spiro atoms. The number of esters is 1. The van der Waals surface area contributed by atoms with Gasteiger partial charge in [0, 0.05) is 11.9 Å². The molecule has 2 aromatic carbocycles. The van der Waals surface area contributed by atoms with E-state index in [1.54, 1.807) is 18.2 Å². The van der Waals surface area contributed by atoms with Gasteiger partial charge in [-0.25, -0.2) is 18.4 Å². The fourth-order valence-corrected chi connectivity index (χ4v) is 2.63. The first-order valence-corrected chi connectivity index (χ1v) is 9.29. The Balaban J connectivity index is 2.16. The second-order valence-corrected chi connectivity index (χ2v) is 6.94. The SMILES string of the molecule is COC(=O)c1ccccc1NC(=O)/C(C#N)=C\Nc1ccc(S(N)(=O)=O)cc1. The molecule has 144 valence electrons. The molecule has 0 unspecified atom stereocenters. The van der Waals surface area contributed by atoms with Crippen LogP contribution < -0.4 is 15.8 Å². The van der Waals surface area contributed by atoms with Gasteiger partial charge in [-0.3, -0.25) is 4.79 Å². The van der Waals surface area contributed by atoms with E-state index in [9.17, 15) is 23.3 Å². The number of rotatable bonds is 6. The maximum Gasteiger partial charge on any atom is 0.339 e. The quantitative estimate of drug-likeness (QED) is 0.378. The van der Waals surface area contributed by atoms with E-state index in [0.29, 0.717) is 5.69 Å². The van der Waals surface area contributed by atoms with Gasteiger partial charge in [0.15, 0.2) is 0 Å². The van der Waals surface area contributed by atoms with Crippen molar-refractivity contribution in [1.29, 1.82) is 5.26 Å². The minimum atomic E-state index is -3.81. The Labute approximate surface area is 161 Å². The summed E-state index contributed by atoms with van der Waals surface area (Å²) in [6, 6.07) is 13.4. The number of benzene rings is 2. The molecule has 10 heteroatoms. The molecule has 1 amide bonds. The van der Waals surface area contributed by atoms with Crippen molar-refractivity contribution in [3.8, 4) is 6.07 Å². The molecule has 0 aliphatic rings. The Bertz CT molecular complexity index is 1070. The fraction of sp³-hybridized carbons (Fsp3) is 0.0556. The maximum absolute atomic E-state index is 12.3. The summed E-state index contributed by atoms with van der Waals surface area (Å²) < 4.78 is 27.1. The van der Waals surface area contributed by atoms with Gasteiger partial charge in [-0.1, -0.05) is 12.1 Å². The summed E-state index contributed by atoms with van der Waals surface area (Å²) >= 11 is 0. The van der Waals surface area contributed by atoms with Gasteiger partial charge < -0.3 is 15.4 Å². The molecule has 0 aliphatic carbocycles. The first-order chi connectivity index (χ1) is 13.3. The minimum Gasteiger partial charge on any atom is -0.465 e. The Morgan fingerprint density at radius 3 is 2.36 bits per heavy atom. The first kappa shape index (κ1) is 20.6. The van der Waals surface area contributed by atoms with Crippen molar-refractivity contribution in [2.75, 3.05) is 17.7 Å². The molecule has 9 nitrogen and oxygen atoms in total. The van der Waals surface area contributed by atoms with Crippen LogP contribution in [0.4, 0.5) is 11.4 Å². The molecule has 4 N–H and O–H groups in total. The molecular weight excluding hydrogens is 384 g/mol. The normalized spacial score (nSPS) is 11.2.